The first-order chi connectivity index (χ1) is 16.3. The fourth-order valence-corrected chi connectivity index (χ4v) is 4.89. The fourth-order valence-electron chi connectivity index (χ4n) is 4.18. The molecule has 2 aromatic heterocycles. The maximum Gasteiger partial charge on any atom is 0.288 e. The predicted molar refractivity (Wildman–Crippen MR) is 125 cm³/mol. The second-order valence-electron chi connectivity index (χ2n) is 8.10. The van der Waals surface area contributed by atoms with Gasteiger partial charge in [-0.3, -0.25) is 4.40 Å². The molecule has 4 aromatic rings. The molecule has 2 aromatic carbocycles. The summed E-state index contributed by atoms with van der Waals surface area (Å²) in [6.45, 7) is 9.91. The highest BCUT2D eigenvalue weighted by Gasteiger charge is 2.21. The van der Waals surface area contributed by atoms with Crippen molar-refractivity contribution in [2.75, 3.05) is 18.2 Å². The van der Waals surface area contributed by atoms with Gasteiger partial charge in [-0.15, -0.1) is 0 Å². The smallest absolute Gasteiger partial charge is 0.288 e. The molecule has 1 N–H and O–H groups in total. The van der Waals surface area contributed by atoms with Crippen LogP contribution in [0.15, 0.2) is 47.6 Å². The molecule has 8 nitrogen and oxygen atoms in total. The molecule has 0 saturated heterocycles. The van der Waals surface area contributed by atoms with Crippen molar-refractivity contribution in [1.29, 1.82) is 0 Å². The number of aromatic nitrogens is 3. The summed E-state index contributed by atoms with van der Waals surface area (Å²) in [6, 6.07) is 7.89. The van der Waals surface area contributed by atoms with Gasteiger partial charge in [0.25, 0.3) is 5.82 Å². The van der Waals surface area contributed by atoms with Crippen LogP contribution in [0.3, 0.4) is 0 Å². The minimum absolute atomic E-state index is 0.183. The van der Waals surface area contributed by atoms with E-state index in [0.717, 1.165) is 22.9 Å². The zero-order chi connectivity index (χ0) is 24.0. The molecule has 0 fully saturated rings. The summed E-state index contributed by atoms with van der Waals surface area (Å²) in [4.78, 5) is 12.6. The highest BCUT2D eigenvalue weighted by Crippen LogP contribution is 2.33. The van der Waals surface area contributed by atoms with E-state index >= 15 is 0 Å². The number of halogens is 1. The molecule has 10 heteroatoms. The van der Waals surface area contributed by atoms with Crippen LogP contribution < -0.4 is 10.1 Å². The maximum atomic E-state index is 14.5. The van der Waals surface area contributed by atoms with Gasteiger partial charge in [0.2, 0.25) is 11.6 Å². The number of ether oxygens (including phenoxy) is 1. The number of aryl methyl sites for hydroxylation is 1. The lowest BCUT2D eigenvalue weighted by molar-refractivity contribution is 0.356. The van der Waals surface area contributed by atoms with Crippen molar-refractivity contribution in [3.05, 3.63) is 76.7 Å². The number of hydrogen-bond donors (Lipinski definition) is 1. The molecular formula is C24H20FN5O3S. The molecular weight excluding hydrogens is 457 g/mol. The van der Waals surface area contributed by atoms with Crippen LogP contribution in [0.2, 0.25) is 0 Å². The van der Waals surface area contributed by atoms with Crippen molar-refractivity contribution >= 4 is 27.3 Å². The Balaban J connectivity index is 1.56. The molecule has 0 radical (unpaired) electrons. The first kappa shape index (κ1) is 21.9. The van der Waals surface area contributed by atoms with E-state index in [-0.39, 0.29) is 23.1 Å². The summed E-state index contributed by atoms with van der Waals surface area (Å²) in [5.41, 5.74) is 3.99. The van der Waals surface area contributed by atoms with Gasteiger partial charge in [0.05, 0.1) is 17.1 Å². The van der Waals surface area contributed by atoms with E-state index in [1.165, 1.54) is 6.07 Å². The average molecular weight is 478 g/mol. The van der Waals surface area contributed by atoms with Gasteiger partial charge in [-0.2, -0.15) is 0 Å². The summed E-state index contributed by atoms with van der Waals surface area (Å²) in [6.07, 6.45) is 4.99. The number of nitrogens with zero attached hydrogens (tertiary/aromatic N) is 4. The molecule has 172 valence electrons. The second kappa shape index (κ2) is 8.11. The van der Waals surface area contributed by atoms with Gasteiger partial charge in [-0.05, 0) is 42.3 Å². The van der Waals surface area contributed by atoms with Crippen LogP contribution in [0.1, 0.15) is 16.7 Å². The Labute approximate surface area is 195 Å². The minimum atomic E-state index is -3.34. The first-order valence-corrected chi connectivity index (χ1v) is 12.4. The van der Waals surface area contributed by atoms with Crippen molar-refractivity contribution in [3.63, 3.8) is 0 Å². The first-order valence-electron chi connectivity index (χ1n) is 10.5. The van der Waals surface area contributed by atoms with Gasteiger partial charge in [0.1, 0.15) is 11.6 Å². The molecule has 0 amide bonds. The second-order valence-corrected chi connectivity index (χ2v) is 10.1. The lowest BCUT2D eigenvalue weighted by Crippen LogP contribution is -2.10. The van der Waals surface area contributed by atoms with Crippen molar-refractivity contribution in [3.8, 4) is 16.9 Å². The Hall–Kier alpha value is -3.97. The Kier molecular flexibility index (Phi) is 5.21. The van der Waals surface area contributed by atoms with E-state index < -0.39 is 9.84 Å². The van der Waals surface area contributed by atoms with E-state index in [2.05, 4.69) is 20.1 Å². The van der Waals surface area contributed by atoms with Crippen LogP contribution in [0, 0.1) is 19.3 Å². The molecule has 3 heterocycles. The molecule has 0 unspecified atom stereocenters. The molecule has 5 rings (SSSR count). The van der Waals surface area contributed by atoms with Crippen molar-refractivity contribution < 1.29 is 17.5 Å². The molecule has 0 spiro atoms. The van der Waals surface area contributed by atoms with Gasteiger partial charge < -0.3 is 14.9 Å². The van der Waals surface area contributed by atoms with Crippen LogP contribution in [0.25, 0.3) is 21.6 Å². The van der Waals surface area contributed by atoms with Gasteiger partial charge in [-0.1, -0.05) is 17.6 Å². The van der Waals surface area contributed by atoms with E-state index in [9.17, 15) is 12.8 Å². The third-order valence-corrected chi connectivity index (χ3v) is 6.98. The third-order valence-electron chi connectivity index (χ3n) is 5.87. The molecule has 0 aliphatic carbocycles. The molecule has 0 atom stereocenters. The average Bonchev–Trinajstić information content (AvgIpc) is 3.45. The largest absolute Gasteiger partial charge is 0.493 e. The number of nitrogens with one attached hydrogen (secondary N) is 1. The predicted octanol–water partition coefficient (Wildman–Crippen LogP) is 4.35. The number of fused-ring (bicyclic) bond motifs is 2. The zero-order valence-electron chi connectivity index (χ0n) is 18.5. The maximum absolute atomic E-state index is 14.5. The Morgan fingerprint density at radius 1 is 1.26 bits per heavy atom. The SMILES string of the molecule is [C-]#[N+]c1cn2c(NCc3c(F)ccc4c3CCO4)ncc(-c3ccc(S(C)(=O)=O)cc3C)c2n1. The van der Waals surface area contributed by atoms with Gasteiger partial charge >= 0.3 is 0 Å². The monoisotopic (exact) mass is 477 g/mol. The summed E-state index contributed by atoms with van der Waals surface area (Å²) < 4.78 is 45.6. The number of imidazole rings is 1. The summed E-state index contributed by atoms with van der Waals surface area (Å²) >= 11 is 0. The quantitative estimate of drug-likeness (QED) is 0.430. The number of rotatable bonds is 5. The van der Waals surface area contributed by atoms with E-state index in [0.29, 0.717) is 41.5 Å². The number of hydrogen-bond acceptors (Lipinski definition) is 6. The normalized spacial score (nSPS) is 12.9. The number of sulfone groups is 1. The van der Waals surface area contributed by atoms with Crippen LogP contribution in [0.5, 0.6) is 5.75 Å². The Morgan fingerprint density at radius 2 is 2.09 bits per heavy atom. The standard InChI is InChI=1S/C24H20FN5O3S/c1-14-10-15(34(3,31)32)4-5-16(14)19-12-28-24(30-13-22(26-2)29-23(19)30)27-11-18-17-8-9-33-21(17)7-6-20(18)25/h4-7,10,12-13H,8-9,11H2,1,3H3,(H,27,28). The topological polar surface area (TPSA) is 90.0 Å². The summed E-state index contributed by atoms with van der Waals surface area (Å²) in [7, 11) is -3.34. The van der Waals surface area contributed by atoms with Crippen molar-refractivity contribution in [2.24, 2.45) is 0 Å². The van der Waals surface area contributed by atoms with Crippen LogP contribution >= 0.6 is 0 Å². The molecule has 1 aliphatic rings. The minimum Gasteiger partial charge on any atom is -0.493 e. The van der Waals surface area contributed by atoms with Crippen molar-refractivity contribution in [2.45, 2.75) is 24.8 Å². The van der Waals surface area contributed by atoms with Crippen LogP contribution in [-0.4, -0.2) is 35.6 Å². The van der Waals surface area contributed by atoms with Gasteiger partial charge in [0.15, 0.2) is 9.84 Å². The fraction of sp³-hybridized carbons (Fsp3) is 0.208. The Bertz CT molecular complexity index is 1610. The van der Waals surface area contributed by atoms with Crippen molar-refractivity contribution in [1.82, 2.24) is 14.4 Å². The summed E-state index contributed by atoms with van der Waals surface area (Å²) in [5, 5.41) is 3.17. The van der Waals surface area contributed by atoms with Crippen LogP contribution in [0.4, 0.5) is 16.2 Å². The van der Waals surface area contributed by atoms with E-state index in [1.807, 2.05) is 6.92 Å². The van der Waals surface area contributed by atoms with E-state index in [1.54, 1.807) is 41.1 Å². The van der Waals surface area contributed by atoms with Gasteiger partial charge in [0, 0.05) is 42.7 Å². The third kappa shape index (κ3) is 3.74. The van der Waals surface area contributed by atoms with Crippen LogP contribution in [-0.2, 0) is 22.8 Å². The molecule has 34 heavy (non-hydrogen) atoms. The lowest BCUT2D eigenvalue weighted by Gasteiger charge is -2.13. The molecule has 0 saturated carbocycles. The molecule has 0 bridgehead atoms. The zero-order valence-corrected chi connectivity index (χ0v) is 19.3. The van der Waals surface area contributed by atoms with Gasteiger partial charge in [-0.25, -0.2) is 17.8 Å². The number of benzene rings is 2. The van der Waals surface area contributed by atoms with E-state index in [4.69, 9.17) is 11.3 Å². The Morgan fingerprint density at radius 3 is 2.82 bits per heavy atom. The lowest BCUT2D eigenvalue weighted by atomic mass is 10.0. The molecule has 1 aliphatic heterocycles. The highest BCUT2D eigenvalue weighted by molar-refractivity contribution is 7.90. The summed E-state index contributed by atoms with van der Waals surface area (Å²) in [5.74, 6) is 0.960. The highest BCUT2D eigenvalue weighted by atomic mass is 32.2. The number of anilines is 1.